The van der Waals surface area contributed by atoms with Crippen molar-refractivity contribution in [2.24, 2.45) is 0 Å². The van der Waals surface area contributed by atoms with Crippen molar-refractivity contribution in [1.29, 1.82) is 0 Å². The number of rotatable bonds is 6. The first kappa shape index (κ1) is 18.8. The first-order valence-corrected chi connectivity index (χ1v) is 10.4. The molecule has 2 fully saturated rings. The quantitative estimate of drug-likeness (QED) is 0.696. The van der Waals surface area contributed by atoms with Crippen LogP contribution in [0.5, 0.6) is 0 Å². The summed E-state index contributed by atoms with van der Waals surface area (Å²) in [5.41, 5.74) is 0.841. The van der Waals surface area contributed by atoms with Crippen molar-refractivity contribution in [3.8, 4) is 0 Å². The molecule has 3 rings (SSSR count). The summed E-state index contributed by atoms with van der Waals surface area (Å²) in [7, 11) is -3.44. The number of hydrogen-bond donors (Lipinski definition) is 0. The molecule has 0 radical (unpaired) electrons. The maximum absolute atomic E-state index is 12.6. The number of sulfonamides is 1. The second-order valence-electron chi connectivity index (χ2n) is 6.54. The Balaban J connectivity index is 1.54. The average Bonchev–Trinajstić information content (AvgIpc) is 3.06. The average molecular weight is 381 g/mol. The zero-order chi connectivity index (χ0) is 18.6. The van der Waals surface area contributed by atoms with Gasteiger partial charge in [-0.2, -0.15) is 4.31 Å². The van der Waals surface area contributed by atoms with Crippen molar-refractivity contribution in [1.82, 2.24) is 4.31 Å². The largest absolute Gasteiger partial charge is 0.463 e. The van der Waals surface area contributed by atoms with Gasteiger partial charge in [0.2, 0.25) is 16.1 Å². The molecule has 1 unspecified atom stereocenters. The molecule has 0 amide bonds. The lowest BCUT2D eigenvalue weighted by molar-refractivity contribution is -0.160. The van der Waals surface area contributed by atoms with Crippen molar-refractivity contribution in [3.63, 3.8) is 0 Å². The maximum Gasteiger partial charge on any atom is 0.347 e. The molecule has 0 saturated carbocycles. The van der Waals surface area contributed by atoms with Gasteiger partial charge in [0.25, 0.3) is 0 Å². The molecule has 0 aliphatic carbocycles. The predicted molar refractivity (Wildman–Crippen MR) is 92.8 cm³/mol. The van der Waals surface area contributed by atoms with Gasteiger partial charge in [-0.05, 0) is 37.0 Å². The van der Waals surface area contributed by atoms with Crippen LogP contribution in [0.15, 0.2) is 29.2 Å². The SMILES string of the molecule is O=C(CCc1ccc(S(=O)(=O)N2CCCCC2)cc1)OC1CCOC1=O. The monoisotopic (exact) mass is 381 g/mol. The number of carbonyl (C=O) groups is 2. The van der Waals surface area contributed by atoms with Gasteiger partial charge in [0.05, 0.1) is 11.5 Å². The van der Waals surface area contributed by atoms with E-state index in [0.717, 1.165) is 24.8 Å². The molecule has 0 spiro atoms. The van der Waals surface area contributed by atoms with E-state index in [1.165, 1.54) is 4.31 Å². The standard InChI is InChI=1S/C18H23NO6S/c20-17(25-16-10-13-24-18(16)21)9-6-14-4-7-15(8-5-14)26(22,23)19-11-2-1-3-12-19/h4-5,7-8,16H,1-3,6,9-13H2. The zero-order valence-electron chi connectivity index (χ0n) is 14.6. The van der Waals surface area contributed by atoms with E-state index in [1.54, 1.807) is 24.3 Å². The molecule has 1 aromatic rings. The first-order chi connectivity index (χ1) is 12.5. The highest BCUT2D eigenvalue weighted by atomic mass is 32.2. The molecule has 1 atom stereocenters. The maximum atomic E-state index is 12.6. The van der Waals surface area contributed by atoms with Gasteiger partial charge in [0.15, 0.2) is 0 Å². The topological polar surface area (TPSA) is 90.0 Å². The molecule has 142 valence electrons. The summed E-state index contributed by atoms with van der Waals surface area (Å²) in [6.07, 6.45) is 3.02. The molecule has 0 bridgehead atoms. The fourth-order valence-corrected chi connectivity index (χ4v) is 4.65. The van der Waals surface area contributed by atoms with E-state index >= 15 is 0 Å². The normalized spacial score (nSPS) is 21.4. The highest BCUT2D eigenvalue weighted by Gasteiger charge is 2.30. The number of nitrogens with zero attached hydrogens (tertiary/aromatic N) is 1. The number of aryl methyl sites for hydroxylation is 1. The summed E-state index contributed by atoms with van der Waals surface area (Å²) >= 11 is 0. The summed E-state index contributed by atoms with van der Waals surface area (Å²) in [6.45, 7) is 1.42. The van der Waals surface area contributed by atoms with Gasteiger partial charge < -0.3 is 9.47 Å². The lowest BCUT2D eigenvalue weighted by atomic mass is 10.1. The van der Waals surface area contributed by atoms with Crippen LogP contribution in [-0.2, 0) is 35.5 Å². The summed E-state index contributed by atoms with van der Waals surface area (Å²) in [6, 6.07) is 6.60. The van der Waals surface area contributed by atoms with E-state index in [1.807, 2.05) is 0 Å². The lowest BCUT2D eigenvalue weighted by Crippen LogP contribution is -2.35. The number of hydrogen-bond acceptors (Lipinski definition) is 6. The molecule has 2 aliphatic heterocycles. The van der Waals surface area contributed by atoms with E-state index in [0.29, 0.717) is 25.9 Å². The summed E-state index contributed by atoms with van der Waals surface area (Å²) in [4.78, 5) is 23.4. The molecule has 8 heteroatoms. The minimum Gasteiger partial charge on any atom is -0.463 e. The van der Waals surface area contributed by atoms with E-state index in [4.69, 9.17) is 9.47 Å². The van der Waals surface area contributed by atoms with Gasteiger partial charge in [-0.15, -0.1) is 0 Å². The minimum atomic E-state index is -3.44. The zero-order valence-corrected chi connectivity index (χ0v) is 15.4. The number of esters is 2. The van der Waals surface area contributed by atoms with E-state index in [-0.39, 0.29) is 17.9 Å². The molecule has 26 heavy (non-hydrogen) atoms. The Morgan fingerprint density at radius 3 is 2.46 bits per heavy atom. The van der Waals surface area contributed by atoms with E-state index in [2.05, 4.69) is 0 Å². The van der Waals surface area contributed by atoms with Crippen LogP contribution in [0.2, 0.25) is 0 Å². The molecule has 7 nitrogen and oxygen atoms in total. The second-order valence-corrected chi connectivity index (χ2v) is 8.48. The number of benzene rings is 1. The van der Waals surface area contributed by atoms with Gasteiger partial charge in [-0.1, -0.05) is 18.6 Å². The third-order valence-electron chi connectivity index (χ3n) is 4.65. The molecule has 2 heterocycles. The highest BCUT2D eigenvalue weighted by molar-refractivity contribution is 7.89. The number of piperidine rings is 1. The lowest BCUT2D eigenvalue weighted by Gasteiger charge is -2.25. The summed E-state index contributed by atoms with van der Waals surface area (Å²) in [5.74, 6) is -0.954. The molecule has 0 N–H and O–H groups in total. The van der Waals surface area contributed by atoms with Crippen LogP contribution in [0.25, 0.3) is 0 Å². The highest BCUT2D eigenvalue weighted by Crippen LogP contribution is 2.21. The Morgan fingerprint density at radius 1 is 1.15 bits per heavy atom. The van der Waals surface area contributed by atoms with Crippen molar-refractivity contribution >= 4 is 22.0 Å². The summed E-state index contributed by atoms with van der Waals surface area (Å²) < 4.78 is 36.6. The molecular formula is C18H23NO6S. The van der Waals surface area contributed by atoms with Crippen LogP contribution in [0.1, 0.15) is 37.7 Å². The van der Waals surface area contributed by atoms with Crippen LogP contribution in [-0.4, -0.2) is 50.5 Å². The van der Waals surface area contributed by atoms with Crippen LogP contribution in [0, 0.1) is 0 Å². The smallest absolute Gasteiger partial charge is 0.347 e. The van der Waals surface area contributed by atoms with Crippen LogP contribution in [0.3, 0.4) is 0 Å². The van der Waals surface area contributed by atoms with Crippen molar-refractivity contribution < 1.29 is 27.5 Å². The van der Waals surface area contributed by atoms with Gasteiger partial charge in [0, 0.05) is 25.9 Å². The third-order valence-corrected chi connectivity index (χ3v) is 6.57. The Hall–Kier alpha value is -1.93. The number of ether oxygens (including phenoxy) is 2. The van der Waals surface area contributed by atoms with E-state index < -0.39 is 28.1 Å². The first-order valence-electron chi connectivity index (χ1n) is 8.92. The van der Waals surface area contributed by atoms with Crippen LogP contribution < -0.4 is 0 Å². The number of carbonyl (C=O) groups excluding carboxylic acids is 2. The molecule has 0 aromatic heterocycles. The van der Waals surface area contributed by atoms with Gasteiger partial charge in [-0.3, -0.25) is 4.79 Å². The Kier molecular flexibility index (Phi) is 5.93. The minimum absolute atomic E-state index is 0.127. The van der Waals surface area contributed by atoms with Gasteiger partial charge in [-0.25, -0.2) is 13.2 Å². The van der Waals surface area contributed by atoms with Gasteiger partial charge in [0.1, 0.15) is 0 Å². The summed E-state index contributed by atoms with van der Waals surface area (Å²) in [5, 5.41) is 0. The van der Waals surface area contributed by atoms with Crippen molar-refractivity contribution in [2.45, 2.75) is 49.5 Å². The Bertz CT molecular complexity index is 752. The predicted octanol–water partition coefficient (Wildman–Crippen LogP) is 1.65. The fourth-order valence-electron chi connectivity index (χ4n) is 3.13. The molecule has 2 saturated heterocycles. The second kappa shape index (κ2) is 8.18. The van der Waals surface area contributed by atoms with Crippen molar-refractivity contribution in [2.75, 3.05) is 19.7 Å². The Morgan fingerprint density at radius 2 is 1.85 bits per heavy atom. The Labute approximate surface area is 153 Å². The third kappa shape index (κ3) is 4.42. The van der Waals surface area contributed by atoms with Crippen molar-refractivity contribution in [3.05, 3.63) is 29.8 Å². The molecular weight excluding hydrogens is 358 g/mol. The van der Waals surface area contributed by atoms with E-state index in [9.17, 15) is 18.0 Å². The molecule has 1 aromatic carbocycles. The van der Waals surface area contributed by atoms with Gasteiger partial charge >= 0.3 is 11.9 Å². The van der Waals surface area contributed by atoms with Crippen LogP contribution in [0.4, 0.5) is 0 Å². The molecule has 2 aliphatic rings. The van der Waals surface area contributed by atoms with Crippen LogP contribution >= 0.6 is 0 Å². The number of cyclic esters (lactones) is 1. The fraction of sp³-hybridized carbons (Fsp3) is 0.556.